The van der Waals surface area contributed by atoms with Crippen LogP contribution in [0.15, 0.2) is 41.5 Å². The second-order valence-corrected chi connectivity index (χ2v) is 6.88. The number of pyridine rings is 1. The van der Waals surface area contributed by atoms with Gasteiger partial charge in [0.1, 0.15) is 0 Å². The number of ether oxygens (including phenoxy) is 3. The molecule has 1 saturated carbocycles. The molecule has 2 N–H and O–H groups in total. The van der Waals surface area contributed by atoms with Gasteiger partial charge in [-0.1, -0.05) is 0 Å². The van der Waals surface area contributed by atoms with E-state index >= 15 is 0 Å². The van der Waals surface area contributed by atoms with Crippen LogP contribution in [-0.4, -0.2) is 37.8 Å². The van der Waals surface area contributed by atoms with Crippen molar-refractivity contribution >= 4 is 11.6 Å². The molecule has 1 aromatic carbocycles. The van der Waals surface area contributed by atoms with E-state index in [1.807, 2.05) is 44.2 Å². The number of guanidine groups is 1. The molecule has 7 heteroatoms. The number of aliphatic imine (C=N–C) groups is 1. The van der Waals surface area contributed by atoms with Gasteiger partial charge in [0.05, 0.1) is 26.9 Å². The molecule has 2 aromatic rings. The Morgan fingerprint density at radius 2 is 2.00 bits per heavy atom. The van der Waals surface area contributed by atoms with Gasteiger partial charge < -0.3 is 24.8 Å². The lowest BCUT2D eigenvalue weighted by molar-refractivity contribution is 0.288. The maximum absolute atomic E-state index is 5.76. The first kappa shape index (κ1) is 20.8. The van der Waals surface area contributed by atoms with Crippen LogP contribution in [0, 0.1) is 5.92 Å². The molecule has 1 fully saturated rings. The average Bonchev–Trinajstić information content (AvgIpc) is 3.57. The molecule has 0 atom stereocenters. The fraction of sp³-hybridized carbons (Fsp3) is 0.455. The summed E-state index contributed by atoms with van der Waals surface area (Å²) in [5.74, 6) is 3.46. The van der Waals surface area contributed by atoms with E-state index in [1.165, 1.54) is 12.8 Å². The molecule has 0 amide bonds. The summed E-state index contributed by atoms with van der Waals surface area (Å²) in [4.78, 5) is 8.97. The highest BCUT2D eigenvalue weighted by Crippen LogP contribution is 2.30. The third kappa shape index (κ3) is 6.55. The summed E-state index contributed by atoms with van der Waals surface area (Å²) in [6.45, 7) is 6.60. The zero-order valence-electron chi connectivity index (χ0n) is 17.4. The van der Waals surface area contributed by atoms with Crippen molar-refractivity contribution in [2.45, 2.75) is 33.2 Å². The SMILES string of the molecule is CCNC(=NCc1ccnc(OCC2CC2)c1)Nc1ccc(OCC)c(OC)c1. The van der Waals surface area contributed by atoms with E-state index in [4.69, 9.17) is 14.2 Å². The van der Waals surface area contributed by atoms with Crippen molar-refractivity contribution in [3.63, 3.8) is 0 Å². The zero-order valence-corrected chi connectivity index (χ0v) is 17.4. The van der Waals surface area contributed by atoms with Crippen molar-refractivity contribution in [1.29, 1.82) is 0 Å². The van der Waals surface area contributed by atoms with Gasteiger partial charge in [0.25, 0.3) is 0 Å². The summed E-state index contributed by atoms with van der Waals surface area (Å²) in [5, 5.41) is 6.58. The third-order valence-electron chi connectivity index (χ3n) is 4.45. The van der Waals surface area contributed by atoms with Crippen LogP contribution in [-0.2, 0) is 6.54 Å². The number of nitrogens with one attached hydrogen (secondary N) is 2. The average molecular weight is 399 g/mol. The Bertz CT molecular complexity index is 821. The van der Waals surface area contributed by atoms with Crippen LogP contribution < -0.4 is 24.8 Å². The second-order valence-electron chi connectivity index (χ2n) is 6.88. The predicted molar refractivity (Wildman–Crippen MR) is 115 cm³/mol. The standard InChI is InChI=1S/C22H30N4O3/c1-4-23-22(26-18-8-9-19(28-5-2)20(13-18)27-3)25-14-17-10-11-24-21(12-17)29-15-16-6-7-16/h8-13,16H,4-7,14-15H2,1-3H3,(H2,23,25,26). The number of rotatable bonds is 10. The van der Waals surface area contributed by atoms with Gasteiger partial charge in [0.15, 0.2) is 17.5 Å². The fourth-order valence-electron chi connectivity index (χ4n) is 2.75. The lowest BCUT2D eigenvalue weighted by Gasteiger charge is -2.14. The number of methoxy groups -OCH3 is 1. The minimum atomic E-state index is 0.520. The van der Waals surface area contributed by atoms with Crippen LogP contribution >= 0.6 is 0 Å². The van der Waals surface area contributed by atoms with Crippen LogP contribution in [0.2, 0.25) is 0 Å². The molecule has 1 heterocycles. The van der Waals surface area contributed by atoms with Gasteiger partial charge >= 0.3 is 0 Å². The van der Waals surface area contributed by atoms with Crippen LogP contribution in [0.25, 0.3) is 0 Å². The van der Waals surface area contributed by atoms with Gasteiger partial charge in [-0.3, -0.25) is 0 Å². The van der Waals surface area contributed by atoms with E-state index in [0.717, 1.165) is 30.2 Å². The van der Waals surface area contributed by atoms with Crippen molar-refractivity contribution in [2.24, 2.45) is 10.9 Å². The molecule has 3 rings (SSSR count). The van der Waals surface area contributed by atoms with Crippen LogP contribution in [0.5, 0.6) is 17.4 Å². The zero-order chi connectivity index (χ0) is 20.5. The first-order valence-electron chi connectivity index (χ1n) is 10.2. The summed E-state index contributed by atoms with van der Waals surface area (Å²) in [6.07, 6.45) is 4.29. The van der Waals surface area contributed by atoms with Gasteiger partial charge in [-0.25, -0.2) is 9.98 Å². The van der Waals surface area contributed by atoms with Crippen molar-refractivity contribution in [3.05, 3.63) is 42.1 Å². The first-order valence-corrected chi connectivity index (χ1v) is 10.2. The summed E-state index contributed by atoms with van der Waals surface area (Å²) in [7, 11) is 1.63. The number of hydrogen-bond donors (Lipinski definition) is 2. The van der Waals surface area contributed by atoms with Crippen molar-refractivity contribution in [2.75, 3.05) is 32.2 Å². The highest BCUT2D eigenvalue weighted by Gasteiger charge is 2.22. The van der Waals surface area contributed by atoms with Gasteiger partial charge in [0.2, 0.25) is 5.88 Å². The lowest BCUT2D eigenvalue weighted by atomic mass is 10.2. The third-order valence-corrected chi connectivity index (χ3v) is 4.45. The molecule has 0 unspecified atom stereocenters. The van der Waals surface area contributed by atoms with Gasteiger partial charge in [0, 0.05) is 30.6 Å². The molecular formula is C22H30N4O3. The Balaban J connectivity index is 1.65. The molecule has 1 aromatic heterocycles. The summed E-state index contributed by atoms with van der Waals surface area (Å²) in [6, 6.07) is 9.64. The largest absolute Gasteiger partial charge is 0.493 e. The number of benzene rings is 1. The maximum atomic E-state index is 5.76. The molecule has 0 spiro atoms. The van der Waals surface area contributed by atoms with Gasteiger partial charge in [-0.05, 0) is 56.4 Å². The second kappa shape index (κ2) is 10.5. The number of hydrogen-bond acceptors (Lipinski definition) is 5. The Kier molecular flexibility index (Phi) is 7.55. The van der Waals surface area contributed by atoms with Crippen LogP contribution in [0.4, 0.5) is 5.69 Å². The van der Waals surface area contributed by atoms with Crippen LogP contribution in [0.1, 0.15) is 32.3 Å². The van der Waals surface area contributed by atoms with E-state index in [1.54, 1.807) is 13.3 Å². The molecule has 1 aliphatic carbocycles. The molecule has 156 valence electrons. The summed E-state index contributed by atoms with van der Waals surface area (Å²) >= 11 is 0. The minimum Gasteiger partial charge on any atom is -0.493 e. The Morgan fingerprint density at radius 1 is 1.14 bits per heavy atom. The number of nitrogens with zero attached hydrogens (tertiary/aromatic N) is 2. The van der Waals surface area contributed by atoms with Crippen molar-refractivity contribution < 1.29 is 14.2 Å². The smallest absolute Gasteiger partial charge is 0.213 e. The lowest BCUT2D eigenvalue weighted by Crippen LogP contribution is -2.30. The number of anilines is 1. The summed E-state index contributed by atoms with van der Waals surface area (Å²) < 4.78 is 16.8. The molecule has 29 heavy (non-hydrogen) atoms. The Hall–Kier alpha value is -2.96. The van der Waals surface area contributed by atoms with E-state index in [9.17, 15) is 0 Å². The quantitative estimate of drug-likeness (QED) is 0.468. The van der Waals surface area contributed by atoms with E-state index in [-0.39, 0.29) is 0 Å². The molecule has 0 saturated heterocycles. The molecular weight excluding hydrogens is 368 g/mol. The van der Waals surface area contributed by atoms with Crippen LogP contribution in [0.3, 0.4) is 0 Å². The van der Waals surface area contributed by atoms with E-state index in [0.29, 0.717) is 36.7 Å². The van der Waals surface area contributed by atoms with E-state index in [2.05, 4.69) is 20.6 Å². The normalized spacial score (nSPS) is 13.7. The Labute approximate surface area is 172 Å². The molecule has 7 nitrogen and oxygen atoms in total. The predicted octanol–water partition coefficient (Wildman–Crippen LogP) is 3.86. The first-order chi connectivity index (χ1) is 14.2. The van der Waals surface area contributed by atoms with Gasteiger partial charge in [-0.2, -0.15) is 0 Å². The fourth-order valence-corrected chi connectivity index (χ4v) is 2.75. The van der Waals surface area contributed by atoms with Crippen molar-refractivity contribution in [1.82, 2.24) is 10.3 Å². The highest BCUT2D eigenvalue weighted by molar-refractivity contribution is 5.93. The topological polar surface area (TPSA) is 77.0 Å². The van der Waals surface area contributed by atoms with E-state index < -0.39 is 0 Å². The van der Waals surface area contributed by atoms with Crippen molar-refractivity contribution in [3.8, 4) is 17.4 Å². The molecule has 0 aliphatic heterocycles. The Morgan fingerprint density at radius 3 is 2.72 bits per heavy atom. The number of aromatic nitrogens is 1. The molecule has 0 radical (unpaired) electrons. The minimum absolute atomic E-state index is 0.520. The summed E-state index contributed by atoms with van der Waals surface area (Å²) in [5.41, 5.74) is 1.92. The maximum Gasteiger partial charge on any atom is 0.213 e. The highest BCUT2D eigenvalue weighted by atomic mass is 16.5. The molecule has 1 aliphatic rings. The molecule has 0 bridgehead atoms. The van der Waals surface area contributed by atoms with Gasteiger partial charge in [-0.15, -0.1) is 0 Å². The monoisotopic (exact) mass is 398 g/mol.